The minimum Gasteiger partial charge on any atom is -0.373 e. The van der Waals surface area contributed by atoms with Gasteiger partial charge in [-0.15, -0.1) is 11.3 Å². The molecule has 0 bridgehead atoms. The summed E-state index contributed by atoms with van der Waals surface area (Å²) in [6.07, 6.45) is 0. The lowest BCUT2D eigenvalue weighted by molar-refractivity contribution is 1.14. The second-order valence-electron chi connectivity index (χ2n) is 4.61. The van der Waals surface area contributed by atoms with Gasteiger partial charge >= 0.3 is 0 Å². The van der Waals surface area contributed by atoms with Crippen LogP contribution in [0.5, 0.6) is 0 Å². The fraction of sp³-hybridized carbons (Fsp3) is 0.125. The highest BCUT2D eigenvalue weighted by atomic mass is 79.9. The molecule has 0 aliphatic carbocycles. The van der Waals surface area contributed by atoms with Crippen molar-refractivity contribution in [3.05, 3.63) is 51.8 Å². The predicted octanol–water partition coefficient (Wildman–Crippen LogP) is 4.98. The number of hydrogen-bond acceptors (Lipinski definition) is 4. The number of benzene rings is 1. The maximum atomic E-state index is 4.77. The Kier molecular flexibility index (Phi) is 4.03. The molecular weight excluding hydrogens is 346 g/mol. The third-order valence-electron chi connectivity index (χ3n) is 3.22. The van der Waals surface area contributed by atoms with Crippen molar-refractivity contribution in [3.8, 4) is 22.0 Å². The van der Waals surface area contributed by atoms with Crippen LogP contribution in [0.25, 0.3) is 22.0 Å². The van der Waals surface area contributed by atoms with Gasteiger partial charge in [-0.25, -0.2) is 9.97 Å². The standard InChI is InChI=1S/C16H14BrN3S/c1-10-14(11-6-4-3-5-7-11)19-16(20-15(10)18-2)13-8-12(17)9-21-13/h3-9H,1-2H3,(H,18,19,20). The Balaban J connectivity index is 2.20. The van der Waals surface area contributed by atoms with E-state index < -0.39 is 0 Å². The van der Waals surface area contributed by atoms with E-state index in [-0.39, 0.29) is 0 Å². The van der Waals surface area contributed by atoms with E-state index in [9.17, 15) is 0 Å². The number of anilines is 1. The van der Waals surface area contributed by atoms with Gasteiger partial charge in [0.15, 0.2) is 5.82 Å². The Labute approximate surface area is 136 Å². The van der Waals surface area contributed by atoms with E-state index in [2.05, 4.69) is 38.4 Å². The molecule has 3 nitrogen and oxygen atoms in total. The minimum absolute atomic E-state index is 0.750. The zero-order valence-electron chi connectivity index (χ0n) is 11.7. The van der Waals surface area contributed by atoms with Gasteiger partial charge in [0.05, 0.1) is 10.6 Å². The lowest BCUT2D eigenvalue weighted by atomic mass is 10.1. The molecule has 0 spiro atoms. The topological polar surface area (TPSA) is 37.8 Å². The van der Waals surface area contributed by atoms with Crippen molar-refractivity contribution in [2.24, 2.45) is 0 Å². The SMILES string of the molecule is CNc1nc(-c2cc(Br)cs2)nc(-c2ccccc2)c1C. The van der Waals surface area contributed by atoms with Crippen LogP contribution in [0.2, 0.25) is 0 Å². The molecule has 0 unspecified atom stereocenters. The van der Waals surface area contributed by atoms with E-state index in [1.54, 1.807) is 11.3 Å². The molecule has 0 aliphatic heterocycles. The molecule has 1 N–H and O–H groups in total. The molecule has 3 rings (SSSR count). The van der Waals surface area contributed by atoms with Gasteiger partial charge in [-0.3, -0.25) is 0 Å². The summed E-state index contributed by atoms with van der Waals surface area (Å²) >= 11 is 5.11. The molecule has 0 saturated heterocycles. The Morgan fingerprint density at radius 1 is 1.14 bits per heavy atom. The van der Waals surface area contributed by atoms with E-state index in [1.165, 1.54) is 0 Å². The van der Waals surface area contributed by atoms with Crippen LogP contribution >= 0.6 is 27.3 Å². The van der Waals surface area contributed by atoms with Gasteiger partial charge in [0.2, 0.25) is 0 Å². The zero-order valence-corrected chi connectivity index (χ0v) is 14.1. The highest BCUT2D eigenvalue weighted by molar-refractivity contribution is 9.10. The number of aromatic nitrogens is 2. The average Bonchev–Trinajstić information content (AvgIpc) is 2.95. The lowest BCUT2D eigenvalue weighted by Crippen LogP contribution is -2.02. The number of thiophene rings is 1. The maximum absolute atomic E-state index is 4.77. The van der Waals surface area contributed by atoms with Crippen LogP contribution in [0.1, 0.15) is 5.56 Å². The van der Waals surface area contributed by atoms with Crippen molar-refractivity contribution < 1.29 is 0 Å². The molecule has 21 heavy (non-hydrogen) atoms. The Morgan fingerprint density at radius 3 is 2.52 bits per heavy atom. The molecule has 1 aromatic carbocycles. The monoisotopic (exact) mass is 359 g/mol. The van der Waals surface area contributed by atoms with Crippen LogP contribution in [0.4, 0.5) is 5.82 Å². The van der Waals surface area contributed by atoms with Gasteiger partial charge in [-0.05, 0) is 28.9 Å². The van der Waals surface area contributed by atoms with Gasteiger partial charge in [-0.1, -0.05) is 30.3 Å². The summed E-state index contributed by atoms with van der Waals surface area (Å²) in [6, 6.07) is 12.3. The van der Waals surface area contributed by atoms with E-state index in [0.29, 0.717) is 0 Å². The summed E-state index contributed by atoms with van der Waals surface area (Å²) in [6.45, 7) is 2.04. The van der Waals surface area contributed by atoms with Crippen LogP contribution in [-0.4, -0.2) is 17.0 Å². The molecule has 0 radical (unpaired) electrons. The van der Waals surface area contributed by atoms with Gasteiger partial charge < -0.3 is 5.32 Å². The minimum atomic E-state index is 0.750. The Bertz CT molecular complexity index is 768. The fourth-order valence-electron chi connectivity index (χ4n) is 2.18. The summed E-state index contributed by atoms with van der Waals surface area (Å²) < 4.78 is 1.05. The molecule has 5 heteroatoms. The van der Waals surface area contributed by atoms with Crippen molar-refractivity contribution >= 4 is 33.1 Å². The lowest BCUT2D eigenvalue weighted by Gasteiger charge is -2.11. The second kappa shape index (κ2) is 5.95. The van der Waals surface area contributed by atoms with Gasteiger partial charge in [0, 0.05) is 28.0 Å². The third kappa shape index (κ3) is 2.84. The van der Waals surface area contributed by atoms with E-state index in [0.717, 1.165) is 37.8 Å². The van der Waals surface area contributed by atoms with E-state index >= 15 is 0 Å². The highest BCUT2D eigenvalue weighted by Gasteiger charge is 2.14. The highest BCUT2D eigenvalue weighted by Crippen LogP contribution is 2.32. The zero-order chi connectivity index (χ0) is 14.8. The first-order valence-electron chi connectivity index (χ1n) is 6.55. The van der Waals surface area contributed by atoms with Crippen molar-refractivity contribution in [1.82, 2.24) is 9.97 Å². The number of halogens is 1. The van der Waals surface area contributed by atoms with Gasteiger partial charge in [0.25, 0.3) is 0 Å². The summed E-state index contributed by atoms with van der Waals surface area (Å²) in [7, 11) is 1.89. The first-order chi connectivity index (χ1) is 10.2. The first kappa shape index (κ1) is 14.2. The second-order valence-corrected chi connectivity index (χ2v) is 6.44. The van der Waals surface area contributed by atoms with Gasteiger partial charge in [-0.2, -0.15) is 0 Å². The number of nitrogens with one attached hydrogen (secondary N) is 1. The molecule has 2 aromatic heterocycles. The number of hydrogen-bond donors (Lipinski definition) is 1. The number of rotatable bonds is 3. The smallest absolute Gasteiger partial charge is 0.172 e. The molecule has 0 amide bonds. The summed E-state index contributed by atoms with van der Waals surface area (Å²) in [5.74, 6) is 1.61. The van der Waals surface area contributed by atoms with E-state index in [1.807, 2.05) is 43.6 Å². The quantitative estimate of drug-likeness (QED) is 0.716. The van der Waals surface area contributed by atoms with E-state index in [4.69, 9.17) is 4.98 Å². The van der Waals surface area contributed by atoms with Crippen LogP contribution in [0, 0.1) is 6.92 Å². The molecule has 3 aromatic rings. The fourth-order valence-corrected chi connectivity index (χ4v) is 3.54. The average molecular weight is 360 g/mol. The molecule has 2 heterocycles. The van der Waals surface area contributed by atoms with Crippen LogP contribution in [-0.2, 0) is 0 Å². The summed E-state index contributed by atoms with van der Waals surface area (Å²) in [5.41, 5.74) is 3.13. The van der Waals surface area contributed by atoms with Crippen molar-refractivity contribution in [1.29, 1.82) is 0 Å². The largest absolute Gasteiger partial charge is 0.373 e. The van der Waals surface area contributed by atoms with Crippen LogP contribution in [0.15, 0.2) is 46.3 Å². The van der Waals surface area contributed by atoms with Crippen LogP contribution in [0.3, 0.4) is 0 Å². The number of nitrogens with zero attached hydrogens (tertiary/aromatic N) is 2. The summed E-state index contributed by atoms with van der Waals surface area (Å²) in [4.78, 5) is 10.5. The van der Waals surface area contributed by atoms with Gasteiger partial charge in [0.1, 0.15) is 5.82 Å². The third-order valence-corrected chi connectivity index (χ3v) is 4.90. The Hall–Kier alpha value is -1.72. The maximum Gasteiger partial charge on any atom is 0.172 e. The molecule has 0 atom stereocenters. The summed E-state index contributed by atoms with van der Waals surface area (Å²) in [5, 5.41) is 5.21. The first-order valence-corrected chi connectivity index (χ1v) is 8.22. The van der Waals surface area contributed by atoms with Crippen molar-refractivity contribution in [3.63, 3.8) is 0 Å². The molecule has 0 aliphatic rings. The predicted molar refractivity (Wildman–Crippen MR) is 92.8 cm³/mol. The normalized spacial score (nSPS) is 10.6. The Morgan fingerprint density at radius 2 is 1.90 bits per heavy atom. The molecular formula is C16H14BrN3S. The molecule has 0 saturated carbocycles. The van der Waals surface area contributed by atoms with Crippen LogP contribution < -0.4 is 5.32 Å². The molecule has 106 valence electrons. The molecule has 0 fully saturated rings. The van der Waals surface area contributed by atoms with Crippen molar-refractivity contribution in [2.75, 3.05) is 12.4 Å². The van der Waals surface area contributed by atoms with Crippen molar-refractivity contribution in [2.45, 2.75) is 6.92 Å².